The summed E-state index contributed by atoms with van der Waals surface area (Å²) in [6, 6.07) is 4.52. The lowest BCUT2D eigenvalue weighted by Gasteiger charge is -2.21. The summed E-state index contributed by atoms with van der Waals surface area (Å²) in [6.45, 7) is 1.16. The van der Waals surface area contributed by atoms with E-state index in [0.717, 1.165) is 12.8 Å². The fraction of sp³-hybridized carbons (Fsp3) is 0.769. The van der Waals surface area contributed by atoms with Gasteiger partial charge in [0.15, 0.2) is 0 Å². The van der Waals surface area contributed by atoms with Crippen LogP contribution in [-0.4, -0.2) is 36.5 Å². The molecule has 5 heteroatoms. The first kappa shape index (κ1) is 14.5. The van der Waals surface area contributed by atoms with Gasteiger partial charge in [-0.15, -0.1) is 0 Å². The molecule has 0 aromatic rings. The zero-order valence-corrected chi connectivity index (χ0v) is 10.7. The van der Waals surface area contributed by atoms with Gasteiger partial charge < -0.3 is 10.2 Å². The first-order chi connectivity index (χ1) is 8.77. The number of nitrogens with one attached hydrogen (secondary N) is 1. The van der Waals surface area contributed by atoms with Crippen LogP contribution in [0.25, 0.3) is 0 Å². The van der Waals surface area contributed by atoms with E-state index in [1.165, 1.54) is 12.8 Å². The second-order valence-electron chi connectivity index (χ2n) is 4.56. The first-order valence-electron chi connectivity index (χ1n) is 6.53. The Bertz CT molecular complexity index is 318. The molecule has 0 saturated heterocycles. The molecule has 0 spiro atoms. The molecule has 0 aliphatic heterocycles. The minimum absolute atomic E-state index is 0.00704. The summed E-state index contributed by atoms with van der Waals surface area (Å²) in [7, 11) is 0. The lowest BCUT2D eigenvalue weighted by Crippen LogP contribution is -2.41. The molecular formula is C13H20N4O. The molecule has 1 saturated carbocycles. The molecule has 0 aromatic carbocycles. The smallest absolute Gasteiger partial charge is 0.236 e. The number of carbonyl (C=O) groups excluding carboxylic acids is 1. The number of hydrogen-bond acceptors (Lipinski definition) is 4. The van der Waals surface area contributed by atoms with Gasteiger partial charge in [0.25, 0.3) is 0 Å². The van der Waals surface area contributed by atoms with E-state index in [9.17, 15) is 4.79 Å². The molecule has 1 N–H and O–H groups in total. The van der Waals surface area contributed by atoms with E-state index in [0.29, 0.717) is 38.5 Å². The van der Waals surface area contributed by atoms with Crippen LogP contribution in [0.15, 0.2) is 0 Å². The van der Waals surface area contributed by atoms with Gasteiger partial charge >= 0.3 is 0 Å². The van der Waals surface area contributed by atoms with Crippen LogP contribution in [-0.2, 0) is 4.79 Å². The number of nitrogens with zero attached hydrogens (tertiary/aromatic N) is 3. The van der Waals surface area contributed by atoms with E-state index < -0.39 is 0 Å². The van der Waals surface area contributed by atoms with E-state index in [1.807, 2.05) is 12.1 Å². The van der Waals surface area contributed by atoms with Gasteiger partial charge in [-0.1, -0.05) is 12.8 Å². The summed E-state index contributed by atoms with van der Waals surface area (Å²) in [5.74, 6) is -0.00704. The molecule has 0 unspecified atom stereocenters. The number of hydrogen-bond donors (Lipinski definition) is 1. The number of amides is 1. The van der Waals surface area contributed by atoms with Gasteiger partial charge in [-0.3, -0.25) is 4.79 Å². The maximum atomic E-state index is 12.0. The molecule has 0 atom stereocenters. The number of carbonyl (C=O) groups is 1. The van der Waals surface area contributed by atoms with Crippen LogP contribution in [0.1, 0.15) is 38.5 Å². The molecule has 18 heavy (non-hydrogen) atoms. The van der Waals surface area contributed by atoms with Crippen molar-refractivity contribution in [2.24, 2.45) is 0 Å². The third-order valence-electron chi connectivity index (χ3n) is 3.24. The summed E-state index contributed by atoms with van der Waals surface area (Å²) in [4.78, 5) is 13.6. The van der Waals surface area contributed by atoms with Crippen LogP contribution >= 0.6 is 0 Å². The van der Waals surface area contributed by atoms with Crippen LogP contribution in [0, 0.1) is 22.7 Å². The molecule has 5 nitrogen and oxygen atoms in total. The maximum Gasteiger partial charge on any atom is 0.236 e. The van der Waals surface area contributed by atoms with Crippen molar-refractivity contribution in [3.8, 4) is 12.1 Å². The van der Waals surface area contributed by atoms with Crippen molar-refractivity contribution >= 4 is 5.91 Å². The molecule has 1 amide bonds. The molecule has 0 aromatic heterocycles. The molecule has 1 fully saturated rings. The van der Waals surface area contributed by atoms with Gasteiger partial charge in [0.05, 0.1) is 31.5 Å². The number of nitriles is 2. The Kier molecular flexibility index (Phi) is 6.83. The zero-order valence-electron chi connectivity index (χ0n) is 10.7. The lowest BCUT2D eigenvalue weighted by atomic mass is 10.2. The molecule has 1 aliphatic rings. The normalized spacial score (nSPS) is 15.0. The Morgan fingerprint density at radius 1 is 1.17 bits per heavy atom. The summed E-state index contributed by atoms with van der Waals surface area (Å²) in [6.07, 6.45) is 5.39. The van der Waals surface area contributed by atoms with E-state index in [2.05, 4.69) is 5.32 Å². The standard InChI is InChI=1S/C13H20N4O/c14-7-3-9-17(10-4-8-15)13(18)11-16-12-5-1-2-6-12/h12,16H,1-6,9-11H2. The van der Waals surface area contributed by atoms with E-state index in [-0.39, 0.29) is 5.91 Å². The number of rotatable bonds is 7. The molecule has 98 valence electrons. The van der Waals surface area contributed by atoms with Crippen molar-refractivity contribution in [1.82, 2.24) is 10.2 Å². The second-order valence-corrected chi connectivity index (χ2v) is 4.56. The van der Waals surface area contributed by atoms with Crippen molar-refractivity contribution in [2.75, 3.05) is 19.6 Å². The van der Waals surface area contributed by atoms with Gasteiger partial charge in [0.2, 0.25) is 5.91 Å². The molecular weight excluding hydrogens is 228 g/mol. The Morgan fingerprint density at radius 2 is 1.72 bits per heavy atom. The fourth-order valence-electron chi connectivity index (χ4n) is 2.20. The van der Waals surface area contributed by atoms with Gasteiger partial charge in [-0.2, -0.15) is 10.5 Å². The highest BCUT2D eigenvalue weighted by Gasteiger charge is 2.18. The van der Waals surface area contributed by atoms with Crippen molar-refractivity contribution in [1.29, 1.82) is 10.5 Å². The van der Waals surface area contributed by atoms with Crippen LogP contribution in [0.3, 0.4) is 0 Å². The van der Waals surface area contributed by atoms with Crippen LogP contribution in [0.4, 0.5) is 0 Å². The minimum atomic E-state index is -0.00704. The summed E-state index contributed by atoms with van der Waals surface area (Å²) < 4.78 is 0. The SMILES string of the molecule is N#CCCN(CCC#N)C(=O)CNC1CCCC1. The van der Waals surface area contributed by atoms with Crippen LogP contribution < -0.4 is 5.32 Å². The van der Waals surface area contributed by atoms with Gasteiger partial charge in [0.1, 0.15) is 0 Å². The predicted octanol–water partition coefficient (Wildman–Crippen LogP) is 1.17. The predicted molar refractivity (Wildman–Crippen MR) is 67.3 cm³/mol. The topological polar surface area (TPSA) is 79.9 Å². The Balaban J connectivity index is 2.32. The summed E-state index contributed by atoms with van der Waals surface area (Å²) in [5.41, 5.74) is 0. The highest BCUT2D eigenvalue weighted by Crippen LogP contribution is 2.17. The largest absolute Gasteiger partial charge is 0.340 e. The average molecular weight is 248 g/mol. The highest BCUT2D eigenvalue weighted by atomic mass is 16.2. The molecule has 0 radical (unpaired) electrons. The van der Waals surface area contributed by atoms with Crippen molar-refractivity contribution < 1.29 is 4.79 Å². The molecule has 1 rings (SSSR count). The van der Waals surface area contributed by atoms with Gasteiger partial charge in [0, 0.05) is 19.1 Å². The van der Waals surface area contributed by atoms with Crippen molar-refractivity contribution in [2.45, 2.75) is 44.6 Å². The Morgan fingerprint density at radius 3 is 2.22 bits per heavy atom. The van der Waals surface area contributed by atoms with Crippen LogP contribution in [0.2, 0.25) is 0 Å². The maximum absolute atomic E-state index is 12.0. The van der Waals surface area contributed by atoms with Crippen LogP contribution in [0.5, 0.6) is 0 Å². The molecule has 1 aliphatic carbocycles. The lowest BCUT2D eigenvalue weighted by molar-refractivity contribution is -0.130. The van der Waals surface area contributed by atoms with Crippen molar-refractivity contribution in [3.05, 3.63) is 0 Å². The van der Waals surface area contributed by atoms with E-state index >= 15 is 0 Å². The van der Waals surface area contributed by atoms with Gasteiger partial charge in [-0.05, 0) is 12.8 Å². The highest BCUT2D eigenvalue weighted by molar-refractivity contribution is 5.78. The monoisotopic (exact) mass is 248 g/mol. The summed E-state index contributed by atoms with van der Waals surface area (Å²) in [5, 5.41) is 20.4. The zero-order chi connectivity index (χ0) is 13.2. The molecule has 0 heterocycles. The quantitative estimate of drug-likeness (QED) is 0.733. The fourth-order valence-corrected chi connectivity index (χ4v) is 2.20. The Hall–Kier alpha value is -1.59. The van der Waals surface area contributed by atoms with E-state index in [4.69, 9.17) is 10.5 Å². The van der Waals surface area contributed by atoms with E-state index in [1.54, 1.807) is 4.90 Å². The summed E-state index contributed by atoms with van der Waals surface area (Å²) >= 11 is 0. The minimum Gasteiger partial charge on any atom is -0.340 e. The second kappa shape index (κ2) is 8.49. The third kappa shape index (κ3) is 5.16. The Labute approximate surface area is 108 Å². The molecule has 0 bridgehead atoms. The average Bonchev–Trinajstić information content (AvgIpc) is 2.89. The van der Waals surface area contributed by atoms with Crippen molar-refractivity contribution in [3.63, 3.8) is 0 Å². The van der Waals surface area contributed by atoms with Gasteiger partial charge in [-0.25, -0.2) is 0 Å². The third-order valence-corrected chi connectivity index (χ3v) is 3.24. The first-order valence-corrected chi connectivity index (χ1v) is 6.53.